The number of hydrogen-bond donors (Lipinski definition) is 1. The molecule has 3 heterocycles. The van der Waals surface area contributed by atoms with Crippen LogP contribution in [0.4, 0.5) is 0 Å². The van der Waals surface area contributed by atoms with Gasteiger partial charge in [0.25, 0.3) is 0 Å². The zero-order valence-electron chi connectivity index (χ0n) is 17.6. The Bertz CT molecular complexity index is 524. The molecule has 2 amide bonds. The van der Waals surface area contributed by atoms with Crippen LogP contribution in [-0.4, -0.2) is 88.3 Å². The molecule has 0 radical (unpaired) electrons. The maximum atomic E-state index is 13.3. The molecule has 0 aromatic rings. The van der Waals surface area contributed by atoms with Crippen molar-refractivity contribution in [3.63, 3.8) is 0 Å². The zero-order chi connectivity index (χ0) is 20.0. The maximum Gasteiger partial charge on any atom is 0.230 e. The van der Waals surface area contributed by atoms with Crippen LogP contribution in [0.5, 0.6) is 0 Å². The normalized spacial score (nSPS) is 30.8. The average Bonchev–Trinajstić information content (AvgIpc) is 3.18. The highest BCUT2D eigenvalue weighted by atomic mass is 16.5. The maximum absolute atomic E-state index is 13.3. The van der Waals surface area contributed by atoms with Gasteiger partial charge in [-0.15, -0.1) is 0 Å². The lowest BCUT2D eigenvalue weighted by molar-refractivity contribution is -0.147. The lowest BCUT2D eigenvalue weighted by Gasteiger charge is -2.35. The van der Waals surface area contributed by atoms with Crippen LogP contribution in [0.3, 0.4) is 0 Å². The summed E-state index contributed by atoms with van der Waals surface area (Å²) in [4.78, 5) is 30.0. The van der Waals surface area contributed by atoms with Crippen LogP contribution in [0.25, 0.3) is 0 Å². The van der Waals surface area contributed by atoms with Crippen molar-refractivity contribution in [3.05, 3.63) is 0 Å². The van der Waals surface area contributed by atoms with Crippen molar-refractivity contribution in [3.8, 4) is 0 Å². The van der Waals surface area contributed by atoms with E-state index in [0.717, 1.165) is 65.1 Å². The summed E-state index contributed by atoms with van der Waals surface area (Å²) >= 11 is 0. The summed E-state index contributed by atoms with van der Waals surface area (Å²) in [5, 5.41) is 3.32. The highest BCUT2D eigenvalue weighted by Gasteiger charge is 2.45. The molecule has 0 aliphatic carbocycles. The van der Waals surface area contributed by atoms with Crippen LogP contribution in [0.1, 0.15) is 38.5 Å². The molecule has 160 valence electrons. The smallest absolute Gasteiger partial charge is 0.230 e. The minimum atomic E-state index is -0.612. The fourth-order valence-electron chi connectivity index (χ4n) is 4.84. The van der Waals surface area contributed by atoms with Crippen LogP contribution in [0.15, 0.2) is 0 Å². The molecule has 0 aromatic carbocycles. The molecule has 7 nitrogen and oxygen atoms in total. The van der Waals surface area contributed by atoms with Crippen LogP contribution in [0.2, 0.25) is 0 Å². The standard InChI is InChI=1S/C21H37N3O4/c1-23(12-17-5-3-9-27-14-17)19(25)11-21(7-8-22-16-21)20(26)24(2)13-18-6-4-10-28-15-18/h17-18,22H,3-16H2,1-2H3. The van der Waals surface area contributed by atoms with Crippen molar-refractivity contribution >= 4 is 11.8 Å². The number of carbonyl (C=O) groups excluding carboxylic acids is 2. The second-order valence-electron chi connectivity index (χ2n) is 9.01. The summed E-state index contributed by atoms with van der Waals surface area (Å²) in [5.74, 6) is 0.978. The molecule has 0 saturated carbocycles. The van der Waals surface area contributed by atoms with Gasteiger partial charge in [-0.05, 0) is 50.5 Å². The molecule has 3 saturated heterocycles. The van der Waals surface area contributed by atoms with E-state index >= 15 is 0 Å². The lowest BCUT2D eigenvalue weighted by Crippen LogP contribution is -2.48. The van der Waals surface area contributed by atoms with Crippen molar-refractivity contribution in [1.82, 2.24) is 15.1 Å². The van der Waals surface area contributed by atoms with Crippen LogP contribution in [-0.2, 0) is 19.1 Å². The van der Waals surface area contributed by atoms with Crippen LogP contribution < -0.4 is 5.32 Å². The molecule has 3 atom stereocenters. The Balaban J connectivity index is 1.57. The van der Waals surface area contributed by atoms with Gasteiger partial charge in [0.1, 0.15) is 0 Å². The second kappa shape index (κ2) is 10.0. The van der Waals surface area contributed by atoms with Crippen LogP contribution >= 0.6 is 0 Å². The van der Waals surface area contributed by atoms with Gasteiger partial charge in [0.2, 0.25) is 11.8 Å². The molecule has 0 spiro atoms. The first-order valence-corrected chi connectivity index (χ1v) is 10.9. The minimum Gasteiger partial charge on any atom is -0.381 e. The summed E-state index contributed by atoms with van der Waals surface area (Å²) in [5.41, 5.74) is -0.612. The van der Waals surface area contributed by atoms with Gasteiger partial charge in [-0.2, -0.15) is 0 Å². The molecule has 3 fully saturated rings. The SMILES string of the molecule is CN(CC1CCCOC1)C(=O)CC1(C(=O)N(C)CC2CCCOC2)CCNC1. The minimum absolute atomic E-state index is 0.0667. The number of ether oxygens (including phenoxy) is 2. The first-order valence-electron chi connectivity index (χ1n) is 10.9. The Kier molecular flexibility index (Phi) is 7.71. The third kappa shape index (κ3) is 5.45. The van der Waals surface area contributed by atoms with E-state index in [1.54, 1.807) is 0 Å². The first kappa shape index (κ1) is 21.5. The molecule has 0 bridgehead atoms. The highest BCUT2D eigenvalue weighted by Crippen LogP contribution is 2.33. The largest absolute Gasteiger partial charge is 0.381 e. The molecular formula is C21H37N3O4. The molecule has 3 unspecified atom stereocenters. The number of rotatable bonds is 7. The number of nitrogens with one attached hydrogen (secondary N) is 1. The molecule has 3 rings (SSSR count). The monoisotopic (exact) mass is 395 g/mol. The topological polar surface area (TPSA) is 71.1 Å². The molecular weight excluding hydrogens is 358 g/mol. The van der Waals surface area contributed by atoms with Crippen molar-refractivity contribution < 1.29 is 19.1 Å². The van der Waals surface area contributed by atoms with Gasteiger partial charge < -0.3 is 24.6 Å². The summed E-state index contributed by atoms with van der Waals surface area (Å²) < 4.78 is 11.1. The zero-order valence-corrected chi connectivity index (χ0v) is 17.6. The predicted molar refractivity (Wildman–Crippen MR) is 107 cm³/mol. The van der Waals surface area contributed by atoms with E-state index in [9.17, 15) is 9.59 Å². The summed E-state index contributed by atoms with van der Waals surface area (Å²) in [6.07, 6.45) is 5.35. The van der Waals surface area contributed by atoms with Gasteiger partial charge >= 0.3 is 0 Å². The summed E-state index contributed by atoms with van der Waals surface area (Å²) in [7, 11) is 3.74. The molecule has 7 heteroatoms. The van der Waals surface area contributed by atoms with Gasteiger partial charge in [0.05, 0.1) is 18.6 Å². The molecule has 1 N–H and O–H groups in total. The van der Waals surface area contributed by atoms with E-state index < -0.39 is 5.41 Å². The fraction of sp³-hybridized carbons (Fsp3) is 0.905. The molecule has 28 heavy (non-hydrogen) atoms. The van der Waals surface area contributed by atoms with Gasteiger partial charge in [-0.1, -0.05) is 0 Å². The fourth-order valence-corrected chi connectivity index (χ4v) is 4.84. The highest BCUT2D eigenvalue weighted by molar-refractivity contribution is 5.89. The Morgan fingerprint density at radius 1 is 1.00 bits per heavy atom. The Labute approximate surface area is 169 Å². The van der Waals surface area contributed by atoms with E-state index in [1.807, 2.05) is 23.9 Å². The lowest BCUT2D eigenvalue weighted by atomic mass is 9.81. The molecule has 3 aliphatic rings. The number of carbonyl (C=O) groups is 2. The quantitative estimate of drug-likeness (QED) is 0.700. The Morgan fingerprint density at radius 2 is 1.61 bits per heavy atom. The number of amides is 2. The van der Waals surface area contributed by atoms with Crippen molar-refractivity contribution in [2.24, 2.45) is 17.3 Å². The van der Waals surface area contributed by atoms with E-state index in [0.29, 0.717) is 31.5 Å². The Hall–Kier alpha value is -1.18. The third-order valence-electron chi connectivity index (χ3n) is 6.53. The van der Waals surface area contributed by atoms with Crippen molar-refractivity contribution in [1.29, 1.82) is 0 Å². The summed E-state index contributed by atoms with van der Waals surface area (Å²) in [6, 6.07) is 0. The second-order valence-corrected chi connectivity index (χ2v) is 9.01. The van der Waals surface area contributed by atoms with E-state index in [2.05, 4.69) is 5.32 Å². The van der Waals surface area contributed by atoms with E-state index in [4.69, 9.17) is 9.47 Å². The van der Waals surface area contributed by atoms with Gasteiger partial charge in [-0.25, -0.2) is 0 Å². The molecule has 3 aliphatic heterocycles. The van der Waals surface area contributed by atoms with E-state index in [1.165, 1.54) is 0 Å². The number of nitrogens with zero attached hydrogens (tertiary/aromatic N) is 2. The number of hydrogen-bond acceptors (Lipinski definition) is 5. The first-order chi connectivity index (χ1) is 13.5. The summed E-state index contributed by atoms with van der Waals surface area (Å²) in [6.45, 7) is 5.92. The van der Waals surface area contributed by atoms with Crippen LogP contribution in [0, 0.1) is 17.3 Å². The van der Waals surface area contributed by atoms with Crippen molar-refractivity contribution in [2.45, 2.75) is 38.5 Å². The average molecular weight is 396 g/mol. The van der Waals surface area contributed by atoms with E-state index in [-0.39, 0.29) is 18.2 Å². The predicted octanol–water partition coefficient (Wildman–Crippen LogP) is 1.13. The third-order valence-corrected chi connectivity index (χ3v) is 6.53. The van der Waals surface area contributed by atoms with Gasteiger partial charge in [-0.3, -0.25) is 9.59 Å². The van der Waals surface area contributed by atoms with Crippen molar-refractivity contribution in [2.75, 3.05) is 66.7 Å². The molecule has 0 aromatic heterocycles. The Morgan fingerprint density at radius 3 is 2.11 bits per heavy atom. The van der Waals surface area contributed by atoms with Gasteiger partial charge in [0.15, 0.2) is 0 Å². The van der Waals surface area contributed by atoms with Gasteiger partial charge in [0, 0.05) is 53.4 Å².